The van der Waals surface area contributed by atoms with Crippen molar-refractivity contribution in [2.75, 3.05) is 11.9 Å². The van der Waals surface area contributed by atoms with Crippen molar-refractivity contribution in [1.82, 2.24) is 0 Å². The van der Waals surface area contributed by atoms with Gasteiger partial charge in [-0.1, -0.05) is 48.5 Å². The SMILES string of the molecule is c1ccc(CCC2CNc3ccccc3C2)cc1. The Hall–Kier alpha value is -1.76. The highest BCUT2D eigenvalue weighted by molar-refractivity contribution is 5.53. The fraction of sp³-hybridized carbons (Fsp3) is 0.294. The molecule has 0 aromatic heterocycles. The molecule has 18 heavy (non-hydrogen) atoms. The Balaban J connectivity index is 1.60. The van der Waals surface area contributed by atoms with Crippen LogP contribution in [0.2, 0.25) is 0 Å². The van der Waals surface area contributed by atoms with Crippen LogP contribution in [-0.2, 0) is 12.8 Å². The molecule has 1 atom stereocenters. The first-order chi connectivity index (χ1) is 8.92. The zero-order valence-corrected chi connectivity index (χ0v) is 10.6. The van der Waals surface area contributed by atoms with Crippen LogP contribution < -0.4 is 5.32 Å². The highest BCUT2D eigenvalue weighted by Crippen LogP contribution is 2.26. The standard InChI is InChI=1S/C17H19N/c1-2-6-14(7-3-1)10-11-15-12-16-8-4-5-9-17(16)18-13-15/h1-9,15,18H,10-13H2. The first-order valence-electron chi connectivity index (χ1n) is 6.77. The molecule has 1 aliphatic heterocycles. The van der Waals surface area contributed by atoms with Gasteiger partial charge in [-0.2, -0.15) is 0 Å². The summed E-state index contributed by atoms with van der Waals surface area (Å²) in [6.07, 6.45) is 3.68. The van der Waals surface area contributed by atoms with Gasteiger partial charge in [0.25, 0.3) is 0 Å². The van der Waals surface area contributed by atoms with Gasteiger partial charge in [0.2, 0.25) is 0 Å². The molecule has 0 fully saturated rings. The molecular formula is C17H19N. The zero-order valence-electron chi connectivity index (χ0n) is 10.6. The van der Waals surface area contributed by atoms with Crippen LogP contribution in [-0.4, -0.2) is 6.54 Å². The number of fused-ring (bicyclic) bond motifs is 1. The maximum absolute atomic E-state index is 3.55. The zero-order chi connectivity index (χ0) is 12.2. The van der Waals surface area contributed by atoms with Crippen LogP contribution in [0.5, 0.6) is 0 Å². The summed E-state index contributed by atoms with van der Waals surface area (Å²) in [6.45, 7) is 1.11. The Morgan fingerprint density at radius 1 is 0.944 bits per heavy atom. The summed E-state index contributed by atoms with van der Waals surface area (Å²) in [5, 5.41) is 3.55. The molecule has 1 aliphatic rings. The van der Waals surface area contributed by atoms with Crippen molar-refractivity contribution in [2.45, 2.75) is 19.3 Å². The normalized spacial score (nSPS) is 17.9. The second kappa shape index (κ2) is 5.26. The van der Waals surface area contributed by atoms with E-state index < -0.39 is 0 Å². The molecule has 1 unspecified atom stereocenters. The van der Waals surface area contributed by atoms with Crippen LogP contribution in [0.4, 0.5) is 5.69 Å². The van der Waals surface area contributed by atoms with Crippen LogP contribution in [0.15, 0.2) is 54.6 Å². The van der Waals surface area contributed by atoms with Crippen molar-refractivity contribution >= 4 is 5.69 Å². The van der Waals surface area contributed by atoms with E-state index in [1.165, 1.54) is 36.1 Å². The van der Waals surface area contributed by atoms with Crippen molar-refractivity contribution in [3.05, 3.63) is 65.7 Å². The largest absolute Gasteiger partial charge is 0.385 e. The summed E-state index contributed by atoms with van der Waals surface area (Å²) in [4.78, 5) is 0. The molecule has 3 rings (SSSR count). The fourth-order valence-corrected chi connectivity index (χ4v) is 2.73. The number of hydrogen-bond donors (Lipinski definition) is 1. The molecule has 1 heteroatoms. The second-order valence-corrected chi connectivity index (χ2v) is 5.13. The molecule has 0 saturated carbocycles. The Bertz CT molecular complexity index is 504. The lowest BCUT2D eigenvalue weighted by atomic mass is 9.89. The fourth-order valence-electron chi connectivity index (χ4n) is 2.73. The Morgan fingerprint density at radius 3 is 2.61 bits per heavy atom. The molecule has 0 spiro atoms. The van der Waals surface area contributed by atoms with E-state index >= 15 is 0 Å². The highest BCUT2D eigenvalue weighted by atomic mass is 14.9. The third kappa shape index (κ3) is 2.56. The minimum absolute atomic E-state index is 0.764. The number of anilines is 1. The summed E-state index contributed by atoms with van der Waals surface area (Å²) in [6, 6.07) is 19.5. The number of benzene rings is 2. The number of hydrogen-bond acceptors (Lipinski definition) is 1. The molecule has 1 heterocycles. The minimum Gasteiger partial charge on any atom is -0.385 e. The van der Waals surface area contributed by atoms with Crippen molar-refractivity contribution in [3.63, 3.8) is 0 Å². The van der Waals surface area contributed by atoms with Crippen LogP contribution in [0, 0.1) is 5.92 Å². The van der Waals surface area contributed by atoms with E-state index in [1.54, 1.807) is 0 Å². The average Bonchev–Trinajstić information content (AvgIpc) is 2.46. The summed E-state index contributed by atoms with van der Waals surface area (Å²) in [5.41, 5.74) is 4.26. The monoisotopic (exact) mass is 237 g/mol. The molecule has 1 N–H and O–H groups in total. The third-order valence-electron chi connectivity index (χ3n) is 3.79. The maximum Gasteiger partial charge on any atom is 0.0372 e. The van der Waals surface area contributed by atoms with E-state index in [0.717, 1.165) is 12.5 Å². The lowest BCUT2D eigenvalue weighted by molar-refractivity contribution is 0.496. The van der Waals surface area contributed by atoms with Crippen LogP contribution in [0.3, 0.4) is 0 Å². The molecule has 0 aliphatic carbocycles. The highest BCUT2D eigenvalue weighted by Gasteiger charge is 2.17. The summed E-state index contributed by atoms with van der Waals surface area (Å²) in [5.74, 6) is 0.764. The van der Waals surface area contributed by atoms with Crippen molar-refractivity contribution in [2.24, 2.45) is 5.92 Å². The number of para-hydroxylation sites is 1. The molecule has 0 amide bonds. The van der Waals surface area contributed by atoms with Crippen LogP contribution in [0.1, 0.15) is 17.5 Å². The maximum atomic E-state index is 3.55. The number of nitrogens with one attached hydrogen (secondary N) is 1. The molecule has 0 radical (unpaired) electrons. The van der Waals surface area contributed by atoms with Crippen LogP contribution in [0.25, 0.3) is 0 Å². The van der Waals surface area contributed by atoms with Gasteiger partial charge >= 0.3 is 0 Å². The smallest absolute Gasteiger partial charge is 0.0372 e. The van der Waals surface area contributed by atoms with Gasteiger partial charge in [0.15, 0.2) is 0 Å². The van der Waals surface area contributed by atoms with E-state index in [4.69, 9.17) is 0 Å². The molecule has 2 aromatic rings. The lowest BCUT2D eigenvalue weighted by Gasteiger charge is -2.26. The van der Waals surface area contributed by atoms with Gasteiger partial charge in [-0.25, -0.2) is 0 Å². The minimum atomic E-state index is 0.764. The summed E-state index contributed by atoms with van der Waals surface area (Å²) in [7, 11) is 0. The van der Waals surface area contributed by atoms with Gasteiger partial charge in [-0.05, 0) is 42.4 Å². The first-order valence-corrected chi connectivity index (χ1v) is 6.77. The molecule has 0 bridgehead atoms. The lowest BCUT2D eigenvalue weighted by Crippen LogP contribution is -2.23. The molecule has 0 saturated heterocycles. The number of aryl methyl sites for hydroxylation is 1. The molecular weight excluding hydrogens is 218 g/mol. The number of rotatable bonds is 3. The predicted octanol–water partition coefficient (Wildman–Crippen LogP) is 3.90. The van der Waals surface area contributed by atoms with Gasteiger partial charge in [0.1, 0.15) is 0 Å². The predicted molar refractivity (Wildman–Crippen MR) is 76.9 cm³/mol. The average molecular weight is 237 g/mol. The summed E-state index contributed by atoms with van der Waals surface area (Å²) >= 11 is 0. The van der Waals surface area contributed by atoms with Gasteiger partial charge in [-0.15, -0.1) is 0 Å². The van der Waals surface area contributed by atoms with E-state index in [1.807, 2.05) is 0 Å². The van der Waals surface area contributed by atoms with Gasteiger partial charge in [0, 0.05) is 12.2 Å². The van der Waals surface area contributed by atoms with Crippen LogP contribution >= 0.6 is 0 Å². The van der Waals surface area contributed by atoms with Crippen molar-refractivity contribution in [3.8, 4) is 0 Å². The third-order valence-corrected chi connectivity index (χ3v) is 3.79. The van der Waals surface area contributed by atoms with E-state index in [2.05, 4.69) is 59.9 Å². The first kappa shape index (κ1) is 11.3. The van der Waals surface area contributed by atoms with E-state index in [9.17, 15) is 0 Å². The Morgan fingerprint density at radius 2 is 1.72 bits per heavy atom. The molecule has 92 valence electrons. The van der Waals surface area contributed by atoms with E-state index in [0.29, 0.717) is 0 Å². The second-order valence-electron chi connectivity index (χ2n) is 5.13. The Kier molecular flexibility index (Phi) is 3.31. The van der Waals surface area contributed by atoms with Crippen molar-refractivity contribution < 1.29 is 0 Å². The Labute approximate surface area is 109 Å². The van der Waals surface area contributed by atoms with Gasteiger partial charge in [0.05, 0.1) is 0 Å². The molecule has 1 nitrogen and oxygen atoms in total. The molecule has 2 aromatic carbocycles. The van der Waals surface area contributed by atoms with Gasteiger partial charge in [-0.3, -0.25) is 0 Å². The van der Waals surface area contributed by atoms with Gasteiger partial charge < -0.3 is 5.32 Å². The summed E-state index contributed by atoms with van der Waals surface area (Å²) < 4.78 is 0. The quantitative estimate of drug-likeness (QED) is 0.853. The topological polar surface area (TPSA) is 12.0 Å². The van der Waals surface area contributed by atoms with E-state index in [-0.39, 0.29) is 0 Å². The van der Waals surface area contributed by atoms with Crippen molar-refractivity contribution in [1.29, 1.82) is 0 Å².